The van der Waals surface area contributed by atoms with Crippen LogP contribution in [0.4, 0.5) is 0 Å². The fourth-order valence-corrected chi connectivity index (χ4v) is 1.44. The molecule has 1 N–H and O–H groups in total. The van der Waals surface area contributed by atoms with Crippen molar-refractivity contribution in [3.05, 3.63) is 28.9 Å². The quantitative estimate of drug-likeness (QED) is 0.683. The van der Waals surface area contributed by atoms with Gasteiger partial charge in [-0.1, -0.05) is 0 Å². The minimum atomic E-state index is -0.0968. The Morgan fingerprint density at radius 3 is 3.08 bits per heavy atom. The summed E-state index contributed by atoms with van der Waals surface area (Å²) < 4.78 is 0. The van der Waals surface area contributed by atoms with E-state index in [1.165, 1.54) is 6.54 Å². The first-order valence-electron chi connectivity index (χ1n) is 3.40. The molecule has 0 atom stereocenters. The van der Waals surface area contributed by atoms with E-state index in [0.717, 1.165) is 5.56 Å². The van der Waals surface area contributed by atoms with Gasteiger partial charge in [-0.05, 0) is 22.4 Å². The SMILES string of the molecule is O=CN[CH]C(=O)Cc1ccsc1. The van der Waals surface area contributed by atoms with Gasteiger partial charge in [0.2, 0.25) is 6.41 Å². The summed E-state index contributed by atoms with van der Waals surface area (Å²) in [5.41, 5.74) is 0.981. The summed E-state index contributed by atoms with van der Waals surface area (Å²) >= 11 is 1.55. The summed E-state index contributed by atoms with van der Waals surface area (Å²) in [4.78, 5) is 20.8. The van der Waals surface area contributed by atoms with E-state index in [0.29, 0.717) is 12.8 Å². The van der Waals surface area contributed by atoms with E-state index in [9.17, 15) is 9.59 Å². The molecule has 1 amide bonds. The molecule has 0 saturated carbocycles. The number of rotatable bonds is 5. The first-order chi connectivity index (χ1) is 5.83. The predicted octanol–water partition coefficient (Wildman–Crippen LogP) is 0.767. The minimum Gasteiger partial charge on any atom is -0.346 e. The lowest BCUT2D eigenvalue weighted by molar-refractivity contribution is -0.117. The van der Waals surface area contributed by atoms with E-state index < -0.39 is 0 Å². The van der Waals surface area contributed by atoms with Crippen molar-refractivity contribution in [1.29, 1.82) is 0 Å². The monoisotopic (exact) mass is 182 g/mol. The lowest BCUT2D eigenvalue weighted by atomic mass is 10.2. The molecule has 0 fully saturated rings. The van der Waals surface area contributed by atoms with Gasteiger partial charge in [0.25, 0.3) is 0 Å². The maximum Gasteiger partial charge on any atom is 0.207 e. The molecule has 0 bridgehead atoms. The number of hydrogen-bond donors (Lipinski definition) is 1. The van der Waals surface area contributed by atoms with Gasteiger partial charge >= 0.3 is 0 Å². The van der Waals surface area contributed by atoms with Crippen LogP contribution in [0, 0.1) is 6.54 Å². The molecule has 63 valence electrons. The fraction of sp³-hybridized carbons (Fsp3) is 0.125. The van der Waals surface area contributed by atoms with Gasteiger partial charge < -0.3 is 5.32 Å². The van der Waals surface area contributed by atoms with Gasteiger partial charge in [-0.15, -0.1) is 0 Å². The van der Waals surface area contributed by atoms with Gasteiger partial charge in [-0.3, -0.25) is 9.59 Å². The first kappa shape index (κ1) is 8.93. The second-order valence-corrected chi connectivity index (χ2v) is 2.98. The average molecular weight is 182 g/mol. The van der Waals surface area contributed by atoms with Crippen molar-refractivity contribution in [3.63, 3.8) is 0 Å². The standard InChI is InChI=1S/C8H8NO2S/c10-6-9-4-8(11)3-7-1-2-12-5-7/h1-2,4-6H,3H2,(H,9,10). The molecular formula is C8H8NO2S. The molecule has 0 aliphatic carbocycles. The largest absolute Gasteiger partial charge is 0.346 e. The summed E-state index contributed by atoms with van der Waals surface area (Å²) in [6.07, 6.45) is 0.829. The number of nitrogens with one attached hydrogen (secondary N) is 1. The van der Waals surface area contributed by atoms with Crippen molar-refractivity contribution in [2.24, 2.45) is 0 Å². The maximum atomic E-state index is 11.0. The summed E-state index contributed by atoms with van der Waals surface area (Å²) in [7, 11) is 0. The number of amides is 1. The predicted molar refractivity (Wildman–Crippen MR) is 46.5 cm³/mol. The second kappa shape index (κ2) is 4.66. The zero-order valence-electron chi connectivity index (χ0n) is 6.32. The lowest BCUT2D eigenvalue weighted by Crippen LogP contribution is -2.16. The van der Waals surface area contributed by atoms with Crippen LogP contribution in [0.5, 0.6) is 0 Å². The highest BCUT2D eigenvalue weighted by molar-refractivity contribution is 7.07. The molecule has 0 saturated heterocycles. The van der Waals surface area contributed by atoms with Crippen molar-refractivity contribution in [2.45, 2.75) is 6.42 Å². The van der Waals surface area contributed by atoms with Crippen LogP contribution in [0.15, 0.2) is 16.8 Å². The van der Waals surface area contributed by atoms with Crippen LogP contribution in [0.3, 0.4) is 0 Å². The molecule has 0 spiro atoms. The lowest BCUT2D eigenvalue weighted by Gasteiger charge is -1.95. The van der Waals surface area contributed by atoms with Crippen LogP contribution < -0.4 is 5.32 Å². The maximum absolute atomic E-state index is 11.0. The third-order valence-electron chi connectivity index (χ3n) is 1.27. The Balaban J connectivity index is 2.32. The number of thiophene rings is 1. The number of Topliss-reactive ketones (excluding diaryl/α,β-unsaturated/α-hetero) is 1. The Kier molecular flexibility index (Phi) is 3.47. The summed E-state index contributed by atoms with van der Waals surface area (Å²) in [5, 5.41) is 6.03. The van der Waals surface area contributed by atoms with Crippen molar-refractivity contribution in [1.82, 2.24) is 5.32 Å². The summed E-state index contributed by atoms with van der Waals surface area (Å²) in [6, 6.07) is 1.89. The van der Waals surface area contributed by atoms with Gasteiger partial charge in [0.1, 0.15) is 6.54 Å². The Morgan fingerprint density at radius 1 is 1.67 bits per heavy atom. The Labute approximate surface area is 74.4 Å². The first-order valence-corrected chi connectivity index (χ1v) is 4.34. The molecule has 3 nitrogen and oxygen atoms in total. The van der Waals surface area contributed by atoms with E-state index in [2.05, 4.69) is 5.32 Å². The number of ketones is 1. The summed E-state index contributed by atoms with van der Waals surface area (Å²) in [6.45, 7) is 1.17. The summed E-state index contributed by atoms with van der Waals surface area (Å²) in [5.74, 6) is -0.0968. The van der Waals surface area contributed by atoms with Crippen LogP contribution in [-0.2, 0) is 16.0 Å². The Bertz CT molecular complexity index is 256. The van der Waals surface area contributed by atoms with Crippen molar-refractivity contribution >= 4 is 23.5 Å². The van der Waals surface area contributed by atoms with Crippen LogP contribution in [0.25, 0.3) is 0 Å². The molecule has 12 heavy (non-hydrogen) atoms. The molecule has 4 heteroatoms. The molecule has 1 radical (unpaired) electrons. The molecule has 1 heterocycles. The van der Waals surface area contributed by atoms with Crippen LogP contribution in [0.2, 0.25) is 0 Å². The van der Waals surface area contributed by atoms with Gasteiger partial charge in [0.05, 0.1) is 0 Å². The molecule has 1 rings (SSSR count). The van der Waals surface area contributed by atoms with Crippen LogP contribution in [0.1, 0.15) is 5.56 Å². The van der Waals surface area contributed by atoms with E-state index in [1.54, 1.807) is 11.3 Å². The number of carbonyl (C=O) groups excluding carboxylic acids is 2. The highest BCUT2D eigenvalue weighted by atomic mass is 32.1. The topological polar surface area (TPSA) is 46.2 Å². The zero-order chi connectivity index (χ0) is 8.81. The van der Waals surface area contributed by atoms with Crippen molar-refractivity contribution < 1.29 is 9.59 Å². The van der Waals surface area contributed by atoms with Crippen LogP contribution in [-0.4, -0.2) is 12.2 Å². The fourth-order valence-electron chi connectivity index (χ4n) is 0.772. The van der Waals surface area contributed by atoms with Gasteiger partial charge in [-0.2, -0.15) is 11.3 Å². The van der Waals surface area contributed by atoms with Crippen LogP contribution >= 0.6 is 11.3 Å². The third kappa shape index (κ3) is 2.84. The van der Waals surface area contributed by atoms with Crippen molar-refractivity contribution in [2.75, 3.05) is 0 Å². The van der Waals surface area contributed by atoms with E-state index in [4.69, 9.17) is 0 Å². The third-order valence-corrected chi connectivity index (χ3v) is 2.00. The number of hydrogen-bond acceptors (Lipinski definition) is 3. The number of carbonyl (C=O) groups is 2. The molecule has 0 aromatic carbocycles. The van der Waals surface area contributed by atoms with Gasteiger partial charge in [0.15, 0.2) is 5.78 Å². The molecule has 0 aliphatic rings. The van der Waals surface area contributed by atoms with E-state index >= 15 is 0 Å². The molecule has 1 aromatic heterocycles. The Hall–Kier alpha value is -1.16. The highest BCUT2D eigenvalue weighted by Gasteiger charge is 2.02. The Morgan fingerprint density at radius 2 is 2.50 bits per heavy atom. The molecule has 0 unspecified atom stereocenters. The molecule has 0 aliphatic heterocycles. The smallest absolute Gasteiger partial charge is 0.207 e. The van der Waals surface area contributed by atoms with Gasteiger partial charge in [-0.25, -0.2) is 0 Å². The van der Waals surface area contributed by atoms with E-state index in [1.807, 2.05) is 16.8 Å². The average Bonchev–Trinajstić information content (AvgIpc) is 2.53. The zero-order valence-corrected chi connectivity index (χ0v) is 7.14. The second-order valence-electron chi connectivity index (χ2n) is 2.20. The minimum absolute atomic E-state index is 0.0968. The molecule has 1 aromatic rings. The van der Waals surface area contributed by atoms with Crippen molar-refractivity contribution in [3.8, 4) is 0 Å². The highest BCUT2D eigenvalue weighted by Crippen LogP contribution is 2.06. The van der Waals surface area contributed by atoms with Gasteiger partial charge in [0, 0.05) is 6.42 Å². The normalized spacial score (nSPS) is 9.33. The molecular weight excluding hydrogens is 174 g/mol. The van der Waals surface area contributed by atoms with E-state index in [-0.39, 0.29) is 5.78 Å².